The smallest absolute Gasteiger partial charge is 0.306 e. The summed E-state index contributed by atoms with van der Waals surface area (Å²) in [7, 11) is 0. The van der Waals surface area contributed by atoms with Crippen molar-refractivity contribution in [3.05, 3.63) is 23.8 Å². The molecule has 0 aliphatic heterocycles. The topological polar surface area (TPSA) is 87.0 Å². The van der Waals surface area contributed by atoms with Crippen molar-refractivity contribution < 1.29 is 24.9 Å². The van der Waals surface area contributed by atoms with Gasteiger partial charge in [-0.1, -0.05) is 57.4 Å². The van der Waals surface area contributed by atoms with Crippen LogP contribution in [0.2, 0.25) is 0 Å². The number of unbranched alkanes of at least 4 members (excludes halogenated alkanes) is 9. The van der Waals surface area contributed by atoms with Crippen molar-refractivity contribution in [1.82, 2.24) is 0 Å². The monoisotopic (exact) mass is 366 g/mol. The number of aliphatic hydroxyl groups is 1. The van der Waals surface area contributed by atoms with Crippen LogP contribution in [0.4, 0.5) is 0 Å². The number of carbonyl (C=O) groups is 1. The third kappa shape index (κ3) is 11.0. The number of hydrogen-bond acceptors (Lipinski definition) is 5. The van der Waals surface area contributed by atoms with Crippen LogP contribution in [-0.4, -0.2) is 34.5 Å². The molecule has 0 saturated heterocycles. The highest BCUT2D eigenvalue weighted by molar-refractivity contribution is 5.69. The summed E-state index contributed by atoms with van der Waals surface area (Å²) in [5.41, 5.74) is 0.800. The van der Waals surface area contributed by atoms with Crippen LogP contribution in [0.25, 0.3) is 0 Å². The van der Waals surface area contributed by atoms with Crippen LogP contribution in [0.5, 0.6) is 11.5 Å². The molecule has 0 atom stereocenters. The standard InChI is InChI=1S/C21H34O5/c22-15-9-7-5-3-1-2-4-6-8-10-16-26-21(25)14-12-18-11-13-19(23)20(24)17-18/h11,13,17,22-24H,1-10,12,14-16H2. The first kappa shape index (κ1) is 22.3. The third-order valence-electron chi connectivity index (χ3n) is 4.47. The van der Waals surface area contributed by atoms with E-state index in [4.69, 9.17) is 9.84 Å². The molecule has 0 bridgehead atoms. The molecule has 3 N–H and O–H groups in total. The van der Waals surface area contributed by atoms with Crippen LogP contribution in [0.1, 0.15) is 76.2 Å². The van der Waals surface area contributed by atoms with E-state index in [1.54, 1.807) is 6.07 Å². The van der Waals surface area contributed by atoms with E-state index < -0.39 is 0 Å². The lowest BCUT2D eigenvalue weighted by Crippen LogP contribution is -2.07. The van der Waals surface area contributed by atoms with Crippen molar-refractivity contribution >= 4 is 5.97 Å². The van der Waals surface area contributed by atoms with Crippen LogP contribution < -0.4 is 0 Å². The molecule has 1 aromatic carbocycles. The highest BCUT2D eigenvalue weighted by atomic mass is 16.5. The number of phenols is 2. The van der Waals surface area contributed by atoms with Crippen molar-refractivity contribution in [3.8, 4) is 11.5 Å². The Morgan fingerprint density at radius 2 is 1.38 bits per heavy atom. The Hall–Kier alpha value is -1.75. The lowest BCUT2D eigenvalue weighted by Gasteiger charge is -2.06. The number of carbonyl (C=O) groups excluding carboxylic acids is 1. The van der Waals surface area contributed by atoms with Gasteiger partial charge in [-0.05, 0) is 37.0 Å². The Labute approximate surface area is 157 Å². The average molecular weight is 366 g/mol. The number of aliphatic hydroxyl groups excluding tert-OH is 1. The van der Waals surface area contributed by atoms with Gasteiger partial charge in [0.1, 0.15) is 0 Å². The lowest BCUT2D eigenvalue weighted by molar-refractivity contribution is -0.143. The van der Waals surface area contributed by atoms with Gasteiger partial charge in [0.05, 0.1) is 6.61 Å². The Balaban J connectivity index is 1.91. The van der Waals surface area contributed by atoms with Crippen molar-refractivity contribution in [2.75, 3.05) is 13.2 Å². The molecule has 5 nitrogen and oxygen atoms in total. The number of ether oxygens (including phenoxy) is 1. The van der Waals surface area contributed by atoms with Gasteiger partial charge in [0.25, 0.3) is 0 Å². The van der Waals surface area contributed by atoms with Gasteiger partial charge in [0.2, 0.25) is 0 Å². The molecule has 0 unspecified atom stereocenters. The van der Waals surface area contributed by atoms with Crippen LogP contribution >= 0.6 is 0 Å². The quantitative estimate of drug-likeness (QED) is 0.242. The maximum Gasteiger partial charge on any atom is 0.306 e. The summed E-state index contributed by atoms with van der Waals surface area (Å²) >= 11 is 0. The van der Waals surface area contributed by atoms with E-state index in [1.807, 2.05) is 0 Å². The molecule has 0 heterocycles. The van der Waals surface area contributed by atoms with Gasteiger partial charge in [-0.3, -0.25) is 4.79 Å². The van der Waals surface area contributed by atoms with E-state index in [9.17, 15) is 15.0 Å². The summed E-state index contributed by atoms with van der Waals surface area (Å²) in [6, 6.07) is 4.58. The molecule has 0 amide bonds. The molecule has 1 aromatic rings. The highest BCUT2D eigenvalue weighted by Crippen LogP contribution is 2.25. The van der Waals surface area contributed by atoms with E-state index in [1.165, 1.54) is 50.7 Å². The van der Waals surface area contributed by atoms with Gasteiger partial charge >= 0.3 is 5.97 Å². The summed E-state index contributed by atoms with van der Waals surface area (Å²) in [5.74, 6) is -0.542. The van der Waals surface area contributed by atoms with E-state index in [2.05, 4.69) is 0 Å². The van der Waals surface area contributed by atoms with Crippen LogP contribution in [0.15, 0.2) is 18.2 Å². The predicted molar refractivity (Wildman–Crippen MR) is 102 cm³/mol. The van der Waals surface area contributed by atoms with Crippen LogP contribution in [0.3, 0.4) is 0 Å². The SMILES string of the molecule is O=C(CCc1ccc(O)c(O)c1)OCCCCCCCCCCCCO. The number of esters is 1. The third-order valence-corrected chi connectivity index (χ3v) is 4.47. The molecule has 148 valence electrons. The number of rotatable bonds is 15. The van der Waals surface area contributed by atoms with Crippen molar-refractivity contribution in [3.63, 3.8) is 0 Å². The first-order valence-electron chi connectivity index (χ1n) is 9.91. The minimum atomic E-state index is -0.222. The normalized spacial score (nSPS) is 10.8. The van der Waals surface area contributed by atoms with E-state index in [0.29, 0.717) is 19.6 Å². The van der Waals surface area contributed by atoms with E-state index >= 15 is 0 Å². The van der Waals surface area contributed by atoms with Gasteiger partial charge in [0.15, 0.2) is 11.5 Å². The zero-order chi connectivity index (χ0) is 19.0. The first-order chi connectivity index (χ1) is 12.6. The van der Waals surface area contributed by atoms with Gasteiger partial charge < -0.3 is 20.1 Å². The zero-order valence-corrected chi connectivity index (χ0v) is 15.8. The van der Waals surface area contributed by atoms with Gasteiger partial charge in [0, 0.05) is 13.0 Å². The summed E-state index contributed by atoms with van der Waals surface area (Å²) in [6.45, 7) is 0.784. The first-order valence-corrected chi connectivity index (χ1v) is 9.91. The Morgan fingerprint density at radius 1 is 0.808 bits per heavy atom. The average Bonchev–Trinajstić information content (AvgIpc) is 2.63. The van der Waals surface area contributed by atoms with Gasteiger partial charge in [-0.25, -0.2) is 0 Å². The number of benzene rings is 1. The minimum absolute atomic E-state index is 0.155. The molecule has 0 saturated carbocycles. The summed E-state index contributed by atoms with van der Waals surface area (Å²) in [4.78, 5) is 11.7. The van der Waals surface area contributed by atoms with Crippen LogP contribution in [0, 0.1) is 0 Å². The number of hydrogen-bond donors (Lipinski definition) is 3. The number of aryl methyl sites for hydroxylation is 1. The van der Waals surface area contributed by atoms with E-state index in [-0.39, 0.29) is 23.9 Å². The molecule has 0 aliphatic carbocycles. The largest absolute Gasteiger partial charge is 0.504 e. The molecule has 5 heteroatoms. The molecule has 0 radical (unpaired) electrons. The molecule has 1 rings (SSSR count). The molecule has 0 aliphatic rings. The molecule has 26 heavy (non-hydrogen) atoms. The Morgan fingerprint density at radius 3 is 1.96 bits per heavy atom. The maximum absolute atomic E-state index is 11.7. The Bertz CT molecular complexity index is 501. The van der Waals surface area contributed by atoms with Crippen LogP contribution in [-0.2, 0) is 16.0 Å². The van der Waals surface area contributed by atoms with Gasteiger partial charge in [-0.2, -0.15) is 0 Å². The number of phenolic OH excluding ortho intramolecular Hbond substituents is 2. The lowest BCUT2D eigenvalue weighted by atomic mass is 10.1. The van der Waals surface area contributed by atoms with Crippen molar-refractivity contribution in [2.24, 2.45) is 0 Å². The fraction of sp³-hybridized carbons (Fsp3) is 0.667. The van der Waals surface area contributed by atoms with Crippen molar-refractivity contribution in [2.45, 2.75) is 77.0 Å². The minimum Gasteiger partial charge on any atom is -0.504 e. The summed E-state index contributed by atoms with van der Waals surface area (Å²) in [5, 5.41) is 27.4. The Kier molecular flexibility index (Phi) is 12.4. The highest BCUT2D eigenvalue weighted by Gasteiger charge is 2.06. The molecular weight excluding hydrogens is 332 g/mol. The number of aromatic hydroxyl groups is 2. The van der Waals surface area contributed by atoms with Crippen molar-refractivity contribution in [1.29, 1.82) is 0 Å². The second-order valence-electron chi connectivity index (χ2n) is 6.80. The second-order valence-corrected chi connectivity index (χ2v) is 6.80. The predicted octanol–water partition coefficient (Wildman–Crippen LogP) is 4.47. The van der Waals surface area contributed by atoms with Gasteiger partial charge in [-0.15, -0.1) is 0 Å². The fourth-order valence-corrected chi connectivity index (χ4v) is 2.86. The molecule has 0 aromatic heterocycles. The summed E-state index contributed by atoms with van der Waals surface area (Å²) < 4.78 is 5.23. The molecule has 0 spiro atoms. The second kappa shape index (κ2) is 14.4. The summed E-state index contributed by atoms with van der Waals surface area (Å²) in [6.07, 6.45) is 12.3. The zero-order valence-electron chi connectivity index (χ0n) is 15.8. The maximum atomic E-state index is 11.7. The van der Waals surface area contributed by atoms with E-state index in [0.717, 1.165) is 31.2 Å². The molecular formula is C21H34O5. The fourth-order valence-electron chi connectivity index (χ4n) is 2.86. The molecule has 0 fully saturated rings.